The molecule has 0 saturated carbocycles. The van der Waals surface area contributed by atoms with Gasteiger partial charge in [-0.05, 0) is 31.8 Å². The third-order valence-electron chi connectivity index (χ3n) is 5.36. The van der Waals surface area contributed by atoms with Gasteiger partial charge in [-0.2, -0.15) is 0 Å². The Morgan fingerprint density at radius 2 is 1.88 bits per heavy atom. The third-order valence-corrected chi connectivity index (χ3v) is 5.36. The highest BCUT2D eigenvalue weighted by molar-refractivity contribution is 5.87. The van der Waals surface area contributed by atoms with Crippen molar-refractivity contribution in [1.29, 1.82) is 0 Å². The zero-order chi connectivity index (χ0) is 19.6. The molecule has 2 N–H and O–H groups in total. The van der Waals surface area contributed by atoms with E-state index in [9.17, 15) is 14.4 Å². The average Bonchev–Trinajstić information content (AvgIpc) is 2.89. The van der Waals surface area contributed by atoms with Crippen LogP contribution in [0.4, 0.5) is 4.79 Å². The van der Waals surface area contributed by atoms with E-state index in [0.29, 0.717) is 32.5 Å². The number of likely N-dealkylation sites (N-methyl/N-ethyl adjacent to an activating group) is 1. The lowest BCUT2D eigenvalue weighted by Crippen LogP contribution is -2.56. The molecule has 0 radical (unpaired) electrons. The molecule has 0 bridgehead atoms. The fraction of sp³-hybridized carbons (Fsp3) is 0.722. The number of primary amides is 1. The smallest absolute Gasteiger partial charge is 0.320 e. The number of hydrogen-bond donors (Lipinski definition) is 1. The second-order valence-corrected chi connectivity index (χ2v) is 7.54. The lowest BCUT2D eigenvalue weighted by molar-refractivity contribution is -0.131. The first-order valence-electron chi connectivity index (χ1n) is 9.04. The molecule has 146 valence electrons. The number of carbonyl (C=O) groups excluding carboxylic acids is 3. The van der Waals surface area contributed by atoms with E-state index in [0.717, 1.165) is 0 Å². The van der Waals surface area contributed by atoms with Gasteiger partial charge in [-0.25, -0.2) is 4.79 Å². The number of amides is 4. The Morgan fingerprint density at radius 1 is 1.31 bits per heavy atom. The number of ether oxygens (including phenoxy) is 1. The second-order valence-electron chi connectivity index (χ2n) is 7.54. The monoisotopic (exact) mass is 366 g/mol. The van der Waals surface area contributed by atoms with E-state index >= 15 is 0 Å². The van der Waals surface area contributed by atoms with Crippen molar-refractivity contribution in [3.63, 3.8) is 0 Å². The molecule has 4 amide bonds. The minimum Gasteiger partial charge on any atom is -0.368 e. The Balaban J connectivity index is 2.00. The third kappa shape index (κ3) is 3.85. The topological polar surface area (TPSA) is 96.2 Å². The van der Waals surface area contributed by atoms with E-state index in [-0.39, 0.29) is 24.1 Å². The van der Waals surface area contributed by atoms with Crippen molar-refractivity contribution in [1.82, 2.24) is 14.7 Å². The van der Waals surface area contributed by atoms with Crippen LogP contribution in [0.3, 0.4) is 0 Å². The Labute approximate surface area is 154 Å². The normalized spacial score (nSPS) is 23.2. The van der Waals surface area contributed by atoms with Gasteiger partial charge in [-0.1, -0.05) is 20.4 Å². The molecular weight excluding hydrogens is 336 g/mol. The number of nitrogens with two attached hydrogens (primary N) is 1. The van der Waals surface area contributed by atoms with Crippen LogP contribution in [-0.2, 0) is 14.3 Å². The minimum atomic E-state index is -0.637. The number of carbonyl (C=O) groups is 3. The Morgan fingerprint density at radius 3 is 2.35 bits per heavy atom. The highest BCUT2D eigenvalue weighted by atomic mass is 16.5. The molecule has 2 heterocycles. The summed E-state index contributed by atoms with van der Waals surface area (Å²) in [5.41, 5.74) is 5.03. The Kier molecular flexibility index (Phi) is 5.95. The molecule has 2 aliphatic rings. The van der Waals surface area contributed by atoms with Crippen LogP contribution >= 0.6 is 0 Å². The largest absolute Gasteiger partial charge is 0.368 e. The van der Waals surface area contributed by atoms with Crippen LogP contribution in [0.15, 0.2) is 12.7 Å². The zero-order valence-electron chi connectivity index (χ0n) is 16.1. The fourth-order valence-electron chi connectivity index (χ4n) is 3.97. The minimum absolute atomic E-state index is 0.0601. The summed E-state index contributed by atoms with van der Waals surface area (Å²) in [6, 6.07) is -0.843. The standard InChI is InChI=1S/C18H30N4O4/c1-6-14(23)22-11-18(26-13(22)4)7-9-21(10-8-18)17(25)20(5)15(12(2)3)16(19)24/h6,12-13,15H,1,7-11H2,2-5H3,(H2,19,24)/t13-,15-/m0/s1. The van der Waals surface area contributed by atoms with Gasteiger partial charge in [-0.15, -0.1) is 0 Å². The van der Waals surface area contributed by atoms with Crippen LogP contribution in [0, 0.1) is 5.92 Å². The summed E-state index contributed by atoms with van der Waals surface area (Å²) < 4.78 is 6.07. The SMILES string of the molecule is C=CC(=O)N1CC2(CCN(C(=O)N(C)[C@H](C(N)=O)C(C)C)CC2)O[C@H]1C. The number of likely N-dealkylation sites (tertiary alicyclic amines) is 1. The van der Waals surface area contributed by atoms with Crippen molar-refractivity contribution in [2.75, 3.05) is 26.7 Å². The summed E-state index contributed by atoms with van der Waals surface area (Å²) in [5.74, 6) is -0.709. The summed E-state index contributed by atoms with van der Waals surface area (Å²) in [7, 11) is 1.61. The molecule has 2 saturated heterocycles. The van der Waals surface area contributed by atoms with Gasteiger partial charge in [0.15, 0.2) is 0 Å². The van der Waals surface area contributed by atoms with Crippen LogP contribution < -0.4 is 5.73 Å². The highest BCUT2D eigenvalue weighted by Gasteiger charge is 2.47. The molecule has 26 heavy (non-hydrogen) atoms. The quantitative estimate of drug-likeness (QED) is 0.744. The van der Waals surface area contributed by atoms with Crippen molar-refractivity contribution in [2.24, 2.45) is 11.7 Å². The van der Waals surface area contributed by atoms with E-state index in [4.69, 9.17) is 10.5 Å². The van der Waals surface area contributed by atoms with Gasteiger partial charge in [0.2, 0.25) is 11.8 Å². The lowest BCUT2D eigenvalue weighted by Gasteiger charge is -2.41. The van der Waals surface area contributed by atoms with Crippen molar-refractivity contribution >= 4 is 17.8 Å². The predicted molar refractivity (Wildman–Crippen MR) is 97.0 cm³/mol. The fourth-order valence-corrected chi connectivity index (χ4v) is 3.97. The second kappa shape index (κ2) is 7.65. The number of nitrogens with zero attached hydrogens (tertiary/aromatic N) is 3. The van der Waals surface area contributed by atoms with Crippen molar-refractivity contribution in [2.45, 2.75) is 51.5 Å². The maximum absolute atomic E-state index is 12.8. The molecule has 8 nitrogen and oxygen atoms in total. The van der Waals surface area contributed by atoms with Gasteiger partial charge >= 0.3 is 6.03 Å². The van der Waals surface area contributed by atoms with E-state index in [1.165, 1.54) is 11.0 Å². The van der Waals surface area contributed by atoms with E-state index < -0.39 is 17.6 Å². The number of urea groups is 1. The predicted octanol–water partition coefficient (Wildman–Crippen LogP) is 0.774. The molecule has 1 spiro atoms. The van der Waals surface area contributed by atoms with Crippen molar-refractivity contribution in [3.05, 3.63) is 12.7 Å². The molecule has 0 aromatic carbocycles. The van der Waals surface area contributed by atoms with Crippen LogP contribution in [0.1, 0.15) is 33.6 Å². The Hall–Kier alpha value is -2.09. The number of piperidine rings is 1. The van der Waals surface area contributed by atoms with E-state index in [2.05, 4.69) is 6.58 Å². The molecule has 0 aromatic rings. The highest BCUT2D eigenvalue weighted by Crippen LogP contribution is 2.35. The lowest BCUT2D eigenvalue weighted by atomic mass is 9.91. The first-order chi connectivity index (χ1) is 12.1. The molecule has 2 aliphatic heterocycles. The molecule has 2 rings (SSSR count). The van der Waals surface area contributed by atoms with Gasteiger partial charge in [0.05, 0.1) is 12.1 Å². The van der Waals surface area contributed by atoms with Gasteiger partial charge < -0.3 is 25.2 Å². The summed E-state index contributed by atoms with van der Waals surface area (Å²) in [6.07, 6.45) is 2.27. The molecule has 8 heteroatoms. The van der Waals surface area contributed by atoms with Crippen LogP contribution in [0.2, 0.25) is 0 Å². The molecule has 0 aliphatic carbocycles. The molecule has 0 aromatic heterocycles. The van der Waals surface area contributed by atoms with Gasteiger partial charge in [0.25, 0.3) is 0 Å². The van der Waals surface area contributed by atoms with Gasteiger partial charge in [0, 0.05) is 20.1 Å². The van der Waals surface area contributed by atoms with Crippen LogP contribution in [-0.4, -0.2) is 77.1 Å². The van der Waals surface area contributed by atoms with Crippen LogP contribution in [0.5, 0.6) is 0 Å². The van der Waals surface area contributed by atoms with Gasteiger partial charge in [-0.3, -0.25) is 9.59 Å². The molecule has 2 atom stereocenters. The number of hydrogen-bond acceptors (Lipinski definition) is 4. The molecule has 2 fully saturated rings. The molecule has 0 unspecified atom stereocenters. The summed E-state index contributed by atoms with van der Waals surface area (Å²) in [4.78, 5) is 41.2. The maximum atomic E-state index is 12.8. The van der Waals surface area contributed by atoms with Crippen LogP contribution in [0.25, 0.3) is 0 Å². The average molecular weight is 366 g/mol. The first-order valence-corrected chi connectivity index (χ1v) is 9.04. The number of rotatable bonds is 4. The summed E-state index contributed by atoms with van der Waals surface area (Å²) in [6.45, 7) is 10.6. The summed E-state index contributed by atoms with van der Waals surface area (Å²) >= 11 is 0. The van der Waals surface area contributed by atoms with Gasteiger partial charge in [0.1, 0.15) is 12.3 Å². The van der Waals surface area contributed by atoms with E-state index in [1.807, 2.05) is 20.8 Å². The maximum Gasteiger partial charge on any atom is 0.320 e. The summed E-state index contributed by atoms with van der Waals surface area (Å²) in [5, 5.41) is 0. The first kappa shape index (κ1) is 20.2. The zero-order valence-corrected chi connectivity index (χ0v) is 16.1. The molecular formula is C18H30N4O4. The van der Waals surface area contributed by atoms with Crippen molar-refractivity contribution < 1.29 is 19.1 Å². The van der Waals surface area contributed by atoms with E-state index in [1.54, 1.807) is 16.8 Å². The Bertz CT molecular complexity index is 584. The van der Waals surface area contributed by atoms with Crippen molar-refractivity contribution in [3.8, 4) is 0 Å².